The summed E-state index contributed by atoms with van der Waals surface area (Å²) in [5.41, 5.74) is -0.228. The fraction of sp³-hybridized carbons (Fsp3) is 0.318. The Balaban J connectivity index is 1.39. The van der Waals surface area contributed by atoms with E-state index in [0.29, 0.717) is 31.2 Å². The summed E-state index contributed by atoms with van der Waals surface area (Å²) in [6, 6.07) is 14.4. The van der Waals surface area contributed by atoms with E-state index in [9.17, 15) is 18.0 Å². The molecule has 1 fully saturated rings. The largest absolute Gasteiger partial charge is 0.418 e. The van der Waals surface area contributed by atoms with E-state index in [-0.39, 0.29) is 5.69 Å². The normalized spacial score (nSPS) is 17.5. The van der Waals surface area contributed by atoms with Crippen LogP contribution in [0.3, 0.4) is 0 Å². The number of rotatable bonds is 5. The highest BCUT2D eigenvalue weighted by molar-refractivity contribution is 5.93. The Labute approximate surface area is 177 Å². The number of amides is 1. The molecule has 2 heterocycles. The van der Waals surface area contributed by atoms with Gasteiger partial charge >= 0.3 is 6.18 Å². The van der Waals surface area contributed by atoms with E-state index in [0.717, 1.165) is 24.6 Å². The molecule has 0 saturated carbocycles. The van der Waals surface area contributed by atoms with Crippen LogP contribution < -0.4 is 5.32 Å². The van der Waals surface area contributed by atoms with Crippen molar-refractivity contribution in [1.82, 2.24) is 15.0 Å². The van der Waals surface area contributed by atoms with Gasteiger partial charge in [-0.15, -0.1) is 0 Å². The molecular formula is C22H21F3N4O2. The molecule has 3 aromatic rings. The molecule has 1 aromatic heterocycles. The van der Waals surface area contributed by atoms with Gasteiger partial charge in [0, 0.05) is 12.1 Å². The van der Waals surface area contributed by atoms with Gasteiger partial charge in [-0.2, -0.15) is 18.2 Å². The lowest BCUT2D eigenvalue weighted by molar-refractivity contribution is -0.137. The van der Waals surface area contributed by atoms with Crippen LogP contribution in [-0.4, -0.2) is 34.0 Å². The number of para-hydroxylation sites is 1. The lowest BCUT2D eigenvalue weighted by Crippen LogP contribution is -2.40. The highest BCUT2D eigenvalue weighted by atomic mass is 19.4. The Bertz CT molecular complexity index is 1040. The van der Waals surface area contributed by atoms with Crippen LogP contribution >= 0.6 is 0 Å². The second-order valence-electron chi connectivity index (χ2n) is 7.48. The molecular weight excluding hydrogens is 409 g/mol. The van der Waals surface area contributed by atoms with E-state index in [1.807, 2.05) is 35.2 Å². The Kier molecular flexibility index (Phi) is 6.03. The smallest absolute Gasteiger partial charge is 0.338 e. The van der Waals surface area contributed by atoms with Crippen LogP contribution in [0.1, 0.15) is 24.3 Å². The van der Waals surface area contributed by atoms with Gasteiger partial charge in [0.2, 0.25) is 17.6 Å². The van der Waals surface area contributed by atoms with E-state index in [2.05, 4.69) is 15.5 Å². The zero-order chi connectivity index (χ0) is 21.8. The summed E-state index contributed by atoms with van der Waals surface area (Å²) >= 11 is 0. The lowest BCUT2D eigenvalue weighted by Gasteiger charge is -2.31. The van der Waals surface area contributed by atoms with Gasteiger partial charge in [0.25, 0.3) is 0 Å². The van der Waals surface area contributed by atoms with Crippen molar-refractivity contribution in [3.63, 3.8) is 0 Å². The lowest BCUT2D eigenvalue weighted by atomic mass is 9.97. The Hall–Kier alpha value is -3.20. The number of likely N-dealkylation sites (tertiary alicyclic amines) is 1. The van der Waals surface area contributed by atoms with Crippen LogP contribution in [0.15, 0.2) is 59.1 Å². The van der Waals surface area contributed by atoms with Crippen LogP contribution in [-0.2, 0) is 17.5 Å². The van der Waals surface area contributed by atoms with E-state index >= 15 is 0 Å². The SMILES string of the molecule is O=C(Nc1ccccc1C(F)(F)F)C1CCCN(Cc2nc(-c3ccccc3)no2)C1. The van der Waals surface area contributed by atoms with Crippen molar-refractivity contribution in [3.05, 3.63) is 66.1 Å². The third-order valence-corrected chi connectivity index (χ3v) is 5.23. The molecule has 9 heteroatoms. The molecule has 0 aliphatic carbocycles. The number of nitrogens with zero attached hydrogens (tertiary/aromatic N) is 3. The first kappa shape index (κ1) is 21.0. The molecule has 1 aliphatic heterocycles. The van der Waals surface area contributed by atoms with E-state index in [1.54, 1.807) is 0 Å². The molecule has 162 valence electrons. The third kappa shape index (κ3) is 5.11. The number of piperidine rings is 1. The van der Waals surface area contributed by atoms with Crippen molar-refractivity contribution in [2.75, 3.05) is 18.4 Å². The Morgan fingerprint density at radius 3 is 2.65 bits per heavy atom. The molecule has 1 saturated heterocycles. The van der Waals surface area contributed by atoms with Crippen LogP contribution in [0.5, 0.6) is 0 Å². The summed E-state index contributed by atoms with van der Waals surface area (Å²) in [4.78, 5) is 19.1. The van der Waals surface area contributed by atoms with Crippen molar-refractivity contribution >= 4 is 11.6 Å². The number of hydrogen-bond donors (Lipinski definition) is 1. The van der Waals surface area contributed by atoms with Gasteiger partial charge in [0.15, 0.2) is 0 Å². The monoisotopic (exact) mass is 430 g/mol. The van der Waals surface area contributed by atoms with Gasteiger partial charge in [0.1, 0.15) is 0 Å². The summed E-state index contributed by atoms with van der Waals surface area (Å²) < 4.78 is 44.9. The third-order valence-electron chi connectivity index (χ3n) is 5.23. The minimum absolute atomic E-state index is 0.221. The van der Waals surface area contributed by atoms with Crippen LogP contribution in [0.4, 0.5) is 18.9 Å². The standard InChI is InChI=1S/C22H21F3N4O2/c23-22(24,25)17-10-4-5-11-18(17)26-21(30)16-9-6-12-29(13-16)14-19-27-20(28-31-19)15-7-2-1-3-8-15/h1-5,7-8,10-11,16H,6,9,12-14H2,(H,26,30). The highest BCUT2D eigenvalue weighted by Crippen LogP contribution is 2.35. The first-order valence-electron chi connectivity index (χ1n) is 9.97. The summed E-state index contributed by atoms with van der Waals surface area (Å²) in [6.07, 6.45) is -3.18. The average Bonchev–Trinajstić information content (AvgIpc) is 3.23. The predicted octanol–water partition coefficient (Wildman–Crippen LogP) is 4.61. The quantitative estimate of drug-likeness (QED) is 0.640. The van der Waals surface area contributed by atoms with Gasteiger partial charge in [-0.3, -0.25) is 9.69 Å². The fourth-order valence-corrected chi connectivity index (χ4v) is 3.70. The molecule has 1 unspecified atom stereocenters. The highest BCUT2D eigenvalue weighted by Gasteiger charge is 2.34. The number of alkyl halides is 3. The maximum atomic E-state index is 13.2. The molecule has 1 aliphatic rings. The topological polar surface area (TPSA) is 71.3 Å². The molecule has 0 radical (unpaired) electrons. The molecule has 6 nitrogen and oxygen atoms in total. The molecule has 0 bridgehead atoms. The number of nitrogens with one attached hydrogen (secondary N) is 1. The second-order valence-corrected chi connectivity index (χ2v) is 7.48. The van der Waals surface area contributed by atoms with Crippen molar-refractivity contribution in [1.29, 1.82) is 0 Å². The van der Waals surface area contributed by atoms with Crippen molar-refractivity contribution in [2.45, 2.75) is 25.6 Å². The molecule has 1 amide bonds. The minimum Gasteiger partial charge on any atom is -0.338 e. The first-order valence-corrected chi connectivity index (χ1v) is 9.97. The number of benzene rings is 2. The Morgan fingerprint density at radius 2 is 1.87 bits per heavy atom. The Morgan fingerprint density at radius 1 is 1.13 bits per heavy atom. The second kappa shape index (κ2) is 8.89. The van der Waals surface area contributed by atoms with E-state index < -0.39 is 23.6 Å². The maximum absolute atomic E-state index is 13.2. The van der Waals surface area contributed by atoms with Gasteiger partial charge < -0.3 is 9.84 Å². The summed E-state index contributed by atoms with van der Waals surface area (Å²) in [7, 11) is 0. The molecule has 0 spiro atoms. The summed E-state index contributed by atoms with van der Waals surface area (Å²) in [5.74, 6) is 0.0800. The summed E-state index contributed by atoms with van der Waals surface area (Å²) in [5, 5.41) is 6.46. The van der Waals surface area contributed by atoms with Crippen LogP contribution in [0, 0.1) is 5.92 Å². The average molecular weight is 430 g/mol. The fourth-order valence-electron chi connectivity index (χ4n) is 3.70. The maximum Gasteiger partial charge on any atom is 0.418 e. The number of carbonyl (C=O) groups is 1. The van der Waals surface area contributed by atoms with Crippen LogP contribution in [0.25, 0.3) is 11.4 Å². The summed E-state index contributed by atoms with van der Waals surface area (Å²) in [6.45, 7) is 1.53. The van der Waals surface area contributed by atoms with Crippen molar-refractivity contribution < 1.29 is 22.5 Å². The molecule has 2 aromatic carbocycles. The van der Waals surface area contributed by atoms with E-state index in [4.69, 9.17) is 4.52 Å². The van der Waals surface area contributed by atoms with Crippen molar-refractivity contribution in [2.24, 2.45) is 5.92 Å². The zero-order valence-electron chi connectivity index (χ0n) is 16.6. The van der Waals surface area contributed by atoms with Gasteiger partial charge in [-0.1, -0.05) is 47.6 Å². The zero-order valence-corrected chi connectivity index (χ0v) is 16.6. The predicted molar refractivity (Wildman–Crippen MR) is 108 cm³/mol. The number of anilines is 1. The van der Waals surface area contributed by atoms with Crippen LogP contribution in [0.2, 0.25) is 0 Å². The van der Waals surface area contributed by atoms with Gasteiger partial charge in [-0.05, 0) is 31.5 Å². The van der Waals surface area contributed by atoms with Gasteiger partial charge in [-0.25, -0.2) is 0 Å². The number of aromatic nitrogens is 2. The molecule has 1 N–H and O–H groups in total. The van der Waals surface area contributed by atoms with Gasteiger partial charge in [0.05, 0.1) is 23.7 Å². The molecule has 1 atom stereocenters. The van der Waals surface area contributed by atoms with E-state index in [1.165, 1.54) is 18.2 Å². The first-order chi connectivity index (χ1) is 14.9. The molecule has 4 rings (SSSR count). The van der Waals surface area contributed by atoms with Crippen molar-refractivity contribution in [3.8, 4) is 11.4 Å². The minimum atomic E-state index is -4.53. The number of halogens is 3. The molecule has 31 heavy (non-hydrogen) atoms. The number of hydrogen-bond acceptors (Lipinski definition) is 5. The number of carbonyl (C=O) groups excluding carboxylic acids is 1.